The molecule has 3 rings (SSSR count). The van der Waals surface area contributed by atoms with Crippen LogP contribution in [0.5, 0.6) is 0 Å². The quantitative estimate of drug-likeness (QED) is 0.866. The van der Waals surface area contributed by atoms with Crippen LogP contribution >= 0.6 is 0 Å². The van der Waals surface area contributed by atoms with E-state index in [0.717, 1.165) is 17.0 Å². The number of hydrogen-bond donors (Lipinski definition) is 1. The molecule has 6 nitrogen and oxygen atoms in total. The third-order valence-corrected chi connectivity index (χ3v) is 6.51. The van der Waals surface area contributed by atoms with E-state index in [1.54, 1.807) is 4.68 Å². The lowest BCUT2D eigenvalue weighted by Gasteiger charge is -2.11. The van der Waals surface area contributed by atoms with Gasteiger partial charge in [0, 0.05) is 17.8 Å². The molecule has 0 saturated carbocycles. The second-order valence-electron chi connectivity index (χ2n) is 6.71. The first kappa shape index (κ1) is 18.6. The molecular weight excluding hydrogens is 357 g/mol. The standard InChI is InChI=1S/C18H22FN3O3S/c1-12-17(7-8-18(23)20-15-5-3-14(19)4-6-15)13(2)22(21-12)16-9-10-26(24,25)11-16/h3-6,16H,7-11H2,1-2H3,(H,20,23). The lowest BCUT2D eigenvalue weighted by atomic mass is 10.1. The van der Waals surface area contributed by atoms with Crippen LogP contribution in [-0.2, 0) is 21.1 Å². The van der Waals surface area contributed by atoms with E-state index < -0.39 is 9.84 Å². The minimum absolute atomic E-state index is 0.124. The van der Waals surface area contributed by atoms with Gasteiger partial charge in [-0.1, -0.05) is 0 Å². The second-order valence-corrected chi connectivity index (χ2v) is 8.93. The third-order valence-electron chi connectivity index (χ3n) is 4.76. The summed E-state index contributed by atoms with van der Waals surface area (Å²) in [7, 11) is -2.98. The zero-order chi connectivity index (χ0) is 18.9. The molecule has 1 aromatic carbocycles. The SMILES string of the molecule is Cc1nn(C2CCS(=O)(=O)C2)c(C)c1CCC(=O)Nc1ccc(F)cc1. The zero-order valence-corrected chi connectivity index (χ0v) is 15.6. The van der Waals surface area contributed by atoms with E-state index in [-0.39, 0.29) is 35.7 Å². The van der Waals surface area contributed by atoms with Gasteiger partial charge in [-0.2, -0.15) is 5.10 Å². The van der Waals surface area contributed by atoms with Crippen LogP contribution in [0.2, 0.25) is 0 Å². The van der Waals surface area contributed by atoms with E-state index in [1.165, 1.54) is 24.3 Å². The number of aromatic nitrogens is 2. The minimum atomic E-state index is -2.98. The number of hydrogen-bond acceptors (Lipinski definition) is 4. The molecule has 0 aliphatic carbocycles. The van der Waals surface area contributed by atoms with Crippen LogP contribution in [0.4, 0.5) is 10.1 Å². The minimum Gasteiger partial charge on any atom is -0.326 e. The van der Waals surface area contributed by atoms with Gasteiger partial charge in [0.05, 0.1) is 23.2 Å². The van der Waals surface area contributed by atoms with Gasteiger partial charge >= 0.3 is 0 Å². The van der Waals surface area contributed by atoms with Crippen molar-refractivity contribution in [1.82, 2.24) is 9.78 Å². The molecule has 26 heavy (non-hydrogen) atoms. The number of nitrogens with zero attached hydrogens (tertiary/aromatic N) is 2. The summed E-state index contributed by atoms with van der Waals surface area (Å²) in [6, 6.07) is 5.50. The Balaban J connectivity index is 1.65. The number of amides is 1. The number of halogens is 1. The molecule has 0 bridgehead atoms. The van der Waals surface area contributed by atoms with Crippen molar-refractivity contribution in [2.45, 2.75) is 39.2 Å². The maximum absolute atomic E-state index is 12.9. The van der Waals surface area contributed by atoms with Crippen molar-refractivity contribution in [3.8, 4) is 0 Å². The maximum atomic E-state index is 12.9. The van der Waals surface area contributed by atoms with Crippen LogP contribution in [0.25, 0.3) is 0 Å². The largest absolute Gasteiger partial charge is 0.326 e. The fourth-order valence-electron chi connectivity index (χ4n) is 3.38. The van der Waals surface area contributed by atoms with Gasteiger partial charge in [-0.05, 0) is 56.5 Å². The summed E-state index contributed by atoms with van der Waals surface area (Å²) in [5.41, 5.74) is 3.26. The number of carbonyl (C=O) groups is 1. The fourth-order valence-corrected chi connectivity index (χ4v) is 5.07. The summed E-state index contributed by atoms with van der Waals surface area (Å²) >= 11 is 0. The Kier molecular flexibility index (Phi) is 5.13. The Morgan fingerprint density at radius 2 is 2.00 bits per heavy atom. The van der Waals surface area contributed by atoms with Crippen molar-refractivity contribution in [3.63, 3.8) is 0 Å². The van der Waals surface area contributed by atoms with Crippen molar-refractivity contribution in [2.24, 2.45) is 0 Å². The molecule has 2 aromatic rings. The van der Waals surface area contributed by atoms with Gasteiger partial charge in [0.25, 0.3) is 0 Å². The molecule has 1 aliphatic rings. The van der Waals surface area contributed by atoms with Crippen LogP contribution in [0.1, 0.15) is 35.8 Å². The Hall–Kier alpha value is -2.22. The molecule has 1 fully saturated rings. The van der Waals surface area contributed by atoms with Gasteiger partial charge in [0.1, 0.15) is 5.82 Å². The van der Waals surface area contributed by atoms with E-state index in [2.05, 4.69) is 10.4 Å². The molecule has 1 amide bonds. The van der Waals surface area contributed by atoms with Crippen LogP contribution in [0.3, 0.4) is 0 Å². The summed E-state index contributed by atoms with van der Waals surface area (Å²) in [5.74, 6) is -0.188. The first-order valence-corrected chi connectivity index (χ1v) is 10.4. The van der Waals surface area contributed by atoms with Gasteiger partial charge in [-0.15, -0.1) is 0 Å². The van der Waals surface area contributed by atoms with E-state index in [1.807, 2.05) is 13.8 Å². The van der Waals surface area contributed by atoms with Crippen molar-refractivity contribution in [1.29, 1.82) is 0 Å². The van der Waals surface area contributed by atoms with E-state index in [0.29, 0.717) is 18.5 Å². The van der Waals surface area contributed by atoms with Crippen molar-refractivity contribution in [2.75, 3.05) is 16.8 Å². The maximum Gasteiger partial charge on any atom is 0.224 e. The normalized spacial score (nSPS) is 18.8. The molecule has 1 aromatic heterocycles. The average Bonchev–Trinajstić information content (AvgIpc) is 3.07. The molecule has 140 valence electrons. The first-order chi connectivity index (χ1) is 12.2. The monoisotopic (exact) mass is 379 g/mol. The molecule has 1 N–H and O–H groups in total. The molecule has 2 heterocycles. The van der Waals surface area contributed by atoms with Gasteiger partial charge in [0.15, 0.2) is 9.84 Å². The highest BCUT2D eigenvalue weighted by Gasteiger charge is 2.31. The Morgan fingerprint density at radius 1 is 1.31 bits per heavy atom. The lowest BCUT2D eigenvalue weighted by Crippen LogP contribution is -2.14. The number of benzene rings is 1. The molecular formula is C18H22FN3O3S. The number of anilines is 1. The molecule has 0 radical (unpaired) electrons. The molecule has 8 heteroatoms. The Labute approximate surface area is 152 Å². The number of nitrogens with one attached hydrogen (secondary N) is 1. The van der Waals surface area contributed by atoms with Gasteiger partial charge < -0.3 is 5.32 Å². The summed E-state index contributed by atoms with van der Waals surface area (Å²) in [4.78, 5) is 12.1. The highest BCUT2D eigenvalue weighted by atomic mass is 32.2. The fraction of sp³-hybridized carbons (Fsp3) is 0.444. The number of aryl methyl sites for hydroxylation is 1. The van der Waals surface area contributed by atoms with Crippen LogP contribution in [0, 0.1) is 19.7 Å². The smallest absolute Gasteiger partial charge is 0.224 e. The van der Waals surface area contributed by atoms with Crippen molar-refractivity contribution >= 4 is 21.4 Å². The number of rotatable bonds is 5. The van der Waals surface area contributed by atoms with Crippen molar-refractivity contribution < 1.29 is 17.6 Å². The summed E-state index contributed by atoms with van der Waals surface area (Å²) < 4.78 is 38.1. The predicted octanol–water partition coefficient (Wildman–Crippen LogP) is 2.57. The van der Waals surface area contributed by atoms with Gasteiger partial charge in [0.2, 0.25) is 5.91 Å². The third kappa shape index (κ3) is 4.12. The summed E-state index contributed by atoms with van der Waals surface area (Å²) in [6.45, 7) is 3.79. The lowest BCUT2D eigenvalue weighted by molar-refractivity contribution is -0.116. The molecule has 0 spiro atoms. The van der Waals surface area contributed by atoms with Gasteiger partial charge in [-0.3, -0.25) is 9.48 Å². The number of sulfone groups is 1. The van der Waals surface area contributed by atoms with Crippen molar-refractivity contribution in [3.05, 3.63) is 47.0 Å². The van der Waals surface area contributed by atoms with Crippen LogP contribution in [0.15, 0.2) is 24.3 Å². The van der Waals surface area contributed by atoms with E-state index >= 15 is 0 Å². The highest BCUT2D eigenvalue weighted by molar-refractivity contribution is 7.91. The highest BCUT2D eigenvalue weighted by Crippen LogP contribution is 2.27. The zero-order valence-electron chi connectivity index (χ0n) is 14.8. The Morgan fingerprint density at radius 3 is 2.62 bits per heavy atom. The molecule has 1 saturated heterocycles. The van der Waals surface area contributed by atoms with E-state index in [9.17, 15) is 17.6 Å². The second kappa shape index (κ2) is 7.19. The first-order valence-electron chi connectivity index (χ1n) is 8.55. The molecule has 1 atom stereocenters. The average molecular weight is 379 g/mol. The predicted molar refractivity (Wildman–Crippen MR) is 97.4 cm³/mol. The summed E-state index contributed by atoms with van der Waals surface area (Å²) in [6.07, 6.45) is 1.37. The summed E-state index contributed by atoms with van der Waals surface area (Å²) in [5, 5.41) is 7.25. The Bertz CT molecular complexity index is 920. The molecule has 1 aliphatic heterocycles. The van der Waals surface area contributed by atoms with Crippen LogP contribution < -0.4 is 5.32 Å². The number of carbonyl (C=O) groups excluding carboxylic acids is 1. The molecule has 1 unspecified atom stereocenters. The van der Waals surface area contributed by atoms with Crippen LogP contribution in [-0.4, -0.2) is 35.6 Å². The topological polar surface area (TPSA) is 81.1 Å². The van der Waals surface area contributed by atoms with Gasteiger partial charge in [-0.25, -0.2) is 12.8 Å². The van der Waals surface area contributed by atoms with E-state index in [4.69, 9.17) is 0 Å².